The molecular formula is C17H21ClN2O2. The van der Waals surface area contributed by atoms with Crippen molar-refractivity contribution in [1.82, 2.24) is 9.88 Å². The Kier molecular flexibility index (Phi) is 6.04. The normalized spacial score (nSPS) is 17.2. The zero-order valence-electron chi connectivity index (χ0n) is 12.6. The fourth-order valence-corrected chi connectivity index (χ4v) is 2.27. The number of likely N-dealkylation sites (N-methyl/N-ethyl adjacent to an activating group) is 1. The van der Waals surface area contributed by atoms with Gasteiger partial charge >= 0.3 is 0 Å². The summed E-state index contributed by atoms with van der Waals surface area (Å²) >= 11 is 0. The molecule has 3 rings (SSSR count). The van der Waals surface area contributed by atoms with Crippen LogP contribution >= 0.6 is 12.4 Å². The molecule has 2 aromatic rings. The number of hydrogen-bond acceptors (Lipinski definition) is 4. The molecule has 0 amide bonds. The van der Waals surface area contributed by atoms with Gasteiger partial charge in [0, 0.05) is 12.1 Å². The average molecular weight is 321 g/mol. The summed E-state index contributed by atoms with van der Waals surface area (Å²) in [6, 6.07) is 12.5. The lowest BCUT2D eigenvalue weighted by Crippen LogP contribution is -2.48. The van der Waals surface area contributed by atoms with Crippen molar-refractivity contribution in [3.8, 4) is 11.5 Å². The molecule has 118 valence electrons. The summed E-state index contributed by atoms with van der Waals surface area (Å²) in [6.45, 7) is 2.41. The van der Waals surface area contributed by atoms with Gasteiger partial charge in [-0.3, -0.25) is 9.88 Å². The molecular weight excluding hydrogens is 300 g/mol. The summed E-state index contributed by atoms with van der Waals surface area (Å²) in [5.74, 6) is 1.50. The molecule has 1 aliphatic heterocycles. The van der Waals surface area contributed by atoms with E-state index in [0.717, 1.165) is 23.6 Å². The predicted molar refractivity (Wildman–Crippen MR) is 88.8 cm³/mol. The van der Waals surface area contributed by atoms with Crippen molar-refractivity contribution in [2.45, 2.75) is 19.1 Å². The highest BCUT2D eigenvalue weighted by molar-refractivity contribution is 5.85. The van der Waals surface area contributed by atoms with Crippen LogP contribution in [0.25, 0.3) is 0 Å². The van der Waals surface area contributed by atoms with Gasteiger partial charge in [0.25, 0.3) is 0 Å². The van der Waals surface area contributed by atoms with Crippen LogP contribution in [0.2, 0.25) is 0 Å². The molecule has 5 heteroatoms. The number of halogens is 1. The van der Waals surface area contributed by atoms with Crippen LogP contribution in [0.1, 0.15) is 12.0 Å². The molecule has 0 N–H and O–H groups in total. The quantitative estimate of drug-likeness (QED) is 0.819. The zero-order chi connectivity index (χ0) is 14.5. The highest BCUT2D eigenvalue weighted by Gasteiger charge is 2.24. The lowest BCUT2D eigenvalue weighted by molar-refractivity contribution is 0.0766. The molecule has 1 atom stereocenters. The lowest BCUT2D eigenvalue weighted by atomic mass is 10.1. The number of nitrogens with zero attached hydrogens (tertiary/aromatic N) is 2. The van der Waals surface area contributed by atoms with Crippen LogP contribution in [0.4, 0.5) is 0 Å². The summed E-state index contributed by atoms with van der Waals surface area (Å²) in [5, 5.41) is 0. The first-order chi connectivity index (χ1) is 10.3. The monoisotopic (exact) mass is 320 g/mol. The van der Waals surface area contributed by atoms with E-state index < -0.39 is 0 Å². The van der Waals surface area contributed by atoms with E-state index in [0.29, 0.717) is 19.3 Å². The molecule has 1 fully saturated rings. The molecule has 2 heterocycles. The molecule has 1 aliphatic rings. The van der Waals surface area contributed by atoms with Gasteiger partial charge in [0.05, 0.1) is 12.4 Å². The fourth-order valence-electron chi connectivity index (χ4n) is 2.27. The molecule has 0 radical (unpaired) electrons. The average Bonchev–Trinajstić information content (AvgIpc) is 2.53. The van der Waals surface area contributed by atoms with E-state index in [2.05, 4.69) is 16.9 Å². The SMILES string of the molecule is CN1CC[C@H]1COc1cncc(OCc2ccccc2)c1.Cl. The Balaban J connectivity index is 0.00000176. The maximum absolute atomic E-state index is 5.79. The molecule has 1 saturated heterocycles. The molecule has 0 spiro atoms. The van der Waals surface area contributed by atoms with Gasteiger partial charge in [0.1, 0.15) is 24.7 Å². The molecule has 0 bridgehead atoms. The Morgan fingerprint density at radius 2 is 1.86 bits per heavy atom. The summed E-state index contributed by atoms with van der Waals surface area (Å²) < 4.78 is 11.5. The van der Waals surface area contributed by atoms with Crippen LogP contribution < -0.4 is 9.47 Å². The summed E-state index contributed by atoms with van der Waals surface area (Å²) in [7, 11) is 2.12. The first kappa shape index (κ1) is 16.6. The summed E-state index contributed by atoms with van der Waals surface area (Å²) in [4.78, 5) is 6.47. The van der Waals surface area contributed by atoms with Crippen LogP contribution in [0.15, 0.2) is 48.8 Å². The Hall–Kier alpha value is -1.78. The summed E-state index contributed by atoms with van der Waals surface area (Å²) in [5.41, 5.74) is 1.14. The third-order valence-corrected chi connectivity index (χ3v) is 3.82. The Bertz CT molecular complexity index is 580. The molecule has 1 aromatic heterocycles. The minimum absolute atomic E-state index is 0. The molecule has 22 heavy (non-hydrogen) atoms. The van der Waals surface area contributed by atoms with Crippen LogP contribution in [0, 0.1) is 0 Å². The third-order valence-electron chi connectivity index (χ3n) is 3.82. The largest absolute Gasteiger partial charge is 0.490 e. The number of likely N-dealkylation sites (tertiary alicyclic amines) is 1. The van der Waals surface area contributed by atoms with Gasteiger partial charge < -0.3 is 9.47 Å². The van der Waals surface area contributed by atoms with Gasteiger partial charge in [-0.1, -0.05) is 30.3 Å². The first-order valence-electron chi connectivity index (χ1n) is 7.26. The maximum atomic E-state index is 5.79. The third kappa shape index (κ3) is 4.36. The van der Waals surface area contributed by atoms with Gasteiger partial charge in [-0.25, -0.2) is 0 Å². The van der Waals surface area contributed by atoms with E-state index >= 15 is 0 Å². The van der Waals surface area contributed by atoms with E-state index in [1.807, 2.05) is 36.4 Å². The van der Waals surface area contributed by atoms with E-state index in [9.17, 15) is 0 Å². The number of aromatic nitrogens is 1. The molecule has 0 unspecified atom stereocenters. The van der Waals surface area contributed by atoms with Gasteiger partial charge in [-0.15, -0.1) is 12.4 Å². The Morgan fingerprint density at radius 1 is 1.14 bits per heavy atom. The fraction of sp³-hybridized carbons (Fsp3) is 0.353. The standard InChI is InChI=1S/C17H20N2O2.ClH/c1-19-8-7-15(19)13-21-17-9-16(10-18-11-17)20-12-14-5-3-2-4-6-14;/h2-6,9-11,15H,7-8,12-13H2,1H3;1H/t15-;/m0./s1. The number of rotatable bonds is 6. The summed E-state index contributed by atoms with van der Waals surface area (Å²) in [6.07, 6.45) is 4.65. The van der Waals surface area contributed by atoms with E-state index in [4.69, 9.17) is 9.47 Å². The van der Waals surface area contributed by atoms with Crippen molar-refractivity contribution < 1.29 is 9.47 Å². The van der Waals surface area contributed by atoms with E-state index in [1.165, 1.54) is 6.42 Å². The number of benzene rings is 1. The molecule has 0 saturated carbocycles. The molecule has 4 nitrogen and oxygen atoms in total. The van der Waals surface area contributed by atoms with Crippen LogP contribution in [0.3, 0.4) is 0 Å². The highest BCUT2D eigenvalue weighted by atomic mass is 35.5. The topological polar surface area (TPSA) is 34.6 Å². The second-order valence-corrected chi connectivity index (χ2v) is 5.36. The van der Waals surface area contributed by atoms with Crippen LogP contribution in [-0.2, 0) is 6.61 Å². The number of ether oxygens (including phenoxy) is 2. The Morgan fingerprint density at radius 3 is 2.50 bits per heavy atom. The van der Waals surface area contributed by atoms with Crippen LogP contribution in [0.5, 0.6) is 11.5 Å². The van der Waals surface area contributed by atoms with Crippen molar-refractivity contribution in [3.63, 3.8) is 0 Å². The maximum Gasteiger partial charge on any atom is 0.141 e. The van der Waals surface area contributed by atoms with Crippen molar-refractivity contribution >= 4 is 12.4 Å². The van der Waals surface area contributed by atoms with E-state index in [-0.39, 0.29) is 12.4 Å². The van der Waals surface area contributed by atoms with Gasteiger partial charge in [0.2, 0.25) is 0 Å². The van der Waals surface area contributed by atoms with Crippen molar-refractivity contribution in [2.75, 3.05) is 20.2 Å². The van der Waals surface area contributed by atoms with Crippen molar-refractivity contribution in [3.05, 3.63) is 54.4 Å². The molecule has 1 aromatic carbocycles. The molecule has 0 aliphatic carbocycles. The number of pyridine rings is 1. The Labute approximate surface area is 137 Å². The van der Waals surface area contributed by atoms with E-state index in [1.54, 1.807) is 12.4 Å². The first-order valence-corrected chi connectivity index (χ1v) is 7.26. The lowest BCUT2D eigenvalue weighted by Gasteiger charge is -2.37. The minimum atomic E-state index is 0. The van der Waals surface area contributed by atoms with Gasteiger partial charge in [-0.2, -0.15) is 0 Å². The minimum Gasteiger partial charge on any atom is -0.490 e. The second-order valence-electron chi connectivity index (χ2n) is 5.36. The van der Waals surface area contributed by atoms with Crippen LogP contribution in [-0.4, -0.2) is 36.1 Å². The van der Waals surface area contributed by atoms with Crippen molar-refractivity contribution in [2.24, 2.45) is 0 Å². The van der Waals surface area contributed by atoms with Crippen molar-refractivity contribution in [1.29, 1.82) is 0 Å². The number of hydrogen-bond donors (Lipinski definition) is 0. The smallest absolute Gasteiger partial charge is 0.141 e. The predicted octanol–water partition coefficient (Wildman–Crippen LogP) is 3.17. The van der Waals surface area contributed by atoms with Gasteiger partial charge in [-0.05, 0) is 25.6 Å². The second kappa shape index (κ2) is 8.01. The van der Waals surface area contributed by atoms with Gasteiger partial charge in [0.15, 0.2) is 0 Å². The highest BCUT2D eigenvalue weighted by Crippen LogP contribution is 2.21. The zero-order valence-corrected chi connectivity index (χ0v) is 13.5.